The van der Waals surface area contributed by atoms with Crippen molar-refractivity contribution in [1.29, 1.82) is 0 Å². The zero-order valence-corrected chi connectivity index (χ0v) is 13.8. The number of phenols is 1. The van der Waals surface area contributed by atoms with Gasteiger partial charge in [0.2, 0.25) is 0 Å². The number of hydrogen-bond acceptors (Lipinski definition) is 2. The highest BCUT2D eigenvalue weighted by molar-refractivity contribution is 6.42. The van der Waals surface area contributed by atoms with Crippen molar-refractivity contribution in [3.8, 4) is 5.75 Å². The largest absolute Gasteiger partial charge is 0.506 e. The Labute approximate surface area is 146 Å². The van der Waals surface area contributed by atoms with Crippen LogP contribution in [0.2, 0.25) is 15.1 Å². The molecule has 0 spiro atoms. The minimum atomic E-state index is -1.07. The fraction of sp³-hybridized carbons (Fsp3) is 0.0625. The summed E-state index contributed by atoms with van der Waals surface area (Å²) in [4.78, 5) is 11.5. The quantitative estimate of drug-likeness (QED) is 0.678. The Hall–Kier alpha value is -1.88. The van der Waals surface area contributed by atoms with Gasteiger partial charge >= 0.3 is 5.97 Å². The van der Waals surface area contributed by atoms with Gasteiger partial charge in [0, 0.05) is 11.9 Å². The van der Waals surface area contributed by atoms with E-state index in [1.165, 1.54) is 18.2 Å². The topological polar surface area (TPSA) is 62.5 Å². The predicted octanol–water partition coefficient (Wildman–Crippen LogP) is 5.05. The molecule has 1 aromatic heterocycles. The van der Waals surface area contributed by atoms with Gasteiger partial charge in [-0.05, 0) is 35.9 Å². The summed E-state index contributed by atoms with van der Waals surface area (Å²) >= 11 is 17.9. The van der Waals surface area contributed by atoms with Gasteiger partial charge in [-0.15, -0.1) is 0 Å². The molecule has 0 saturated carbocycles. The van der Waals surface area contributed by atoms with E-state index in [1.807, 2.05) is 0 Å². The van der Waals surface area contributed by atoms with Crippen molar-refractivity contribution in [1.82, 2.24) is 4.57 Å². The summed E-state index contributed by atoms with van der Waals surface area (Å²) in [5, 5.41) is 20.7. The molecule has 0 radical (unpaired) electrons. The fourth-order valence-corrected chi connectivity index (χ4v) is 2.92. The number of rotatable bonds is 3. The number of halogens is 3. The van der Waals surface area contributed by atoms with Crippen molar-refractivity contribution in [2.75, 3.05) is 0 Å². The molecule has 0 aliphatic carbocycles. The highest BCUT2D eigenvalue weighted by Crippen LogP contribution is 2.32. The average molecular weight is 371 g/mol. The van der Waals surface area contributed by atoms with Gasteiger partial charge in [-0.2, -0.15) is 0 Å². The Morgan fingerprint density at radius 1 is 1.00 bits per heavy atom. The van der Waals surface area contributed by atoms with Crippen LogP contribution in [-0.4, -0.2) is 20.7 Å². The Morgan fingerprint density at radius 2 is 1.74 bits per heavy atom. The summed E-state index contributed by atoms with van der Waals surface area (Å²) in [6, 6.07) is 9.58. The lowest BCUT2D eigenvalue weighted by atomic mass is 10.2. The van der Waals surface area contributed by atoms with Crippen molar-refractivity contribution in [3.63, 3.8) is 0 Å². The molecule has 2 aromatic carbocycles. The Balaban J connectivity index is 2.17. The summed E-state index contributed by atoms with van der Waals surface area (Å²) in [6.07, 6.45) is 0. The molecule has 0 atom stereocenters. The maximum absolute atomic E-state index is 11.5. The average Bonchev–Trinajstić information content (AvgIpc) is 2.82. The third-order valence-electron chi connectivity index (χ3n) is 3.51. The van der Waals surface area contributed by atoms with E-state index < -0.39 is 5.97 Å². The Morgan fingerprint density at radius 3 is 2.39 bits per heavy atom. The van der Waals surface area contributed by atoms with E-state index in [0.29, 0.717) is 20.9 Å². The molecule has 3 rings (SSSR count). The van der Waals surface area contributed by atoms with E-state index in [4.69, 9.17) is 34.8 Å². The molecule has 0 aliphatic rings. The zero-order chi connectivity index (χ0) is 16.7. The number of fused-ring (bicyclic) bond motifs is 1. The molecule has 0 amide bonds. The van der Waals surface area contributed by atoms with E-state index >= 15 is 0 Å². The van der Waals surface area contributed by atoms with Crippen molar-refractivity contribution in [2.24, 2.45) is 0 Å². The number of aromatic nitrogens is 1. The fourth-order valence-electron chi connectivity index (χ4n) is 2.44. The van der Waals surface area contributed by atoms with E-state index in [2.05, 4.69) is 0 Å². The summed E-state index contributed by atoms with van der Waals surface area (Å²) in [5.74, 6) is -1.17. The lowest BCUT2D eigenvalue weighted by Gasteiger charge is -2.10. The highest BCUT2D eigenvalue weighted by Gasteiger charge is 2.17. The van der Waals surface area contributed by atoms with Gasteiger partial charge in [0.25, 0.3) is 0 Å². The number of carboxylic acid groups (broad SMARTS) is 1. The predicted molar refractivity (Wildman–Crippen MR) is 91.1 cm³/mol. The first-order valence-electron chi connectivity index (χ1n) is 6.56. The van der Waals surface area contributed by atoms with Crippen LogP contribution in [0, 0.1) is 0 Å². The first-order chi connectivity index (χ1) is 10.9. The second-order valence-electron chi connectivity index (χ2n) is 5.03. The second kappa shape index (κ2) is 5.96. The summed E-state index contributed by atoms with van der Waals surface area (Å²) < 4.78 is 1.60. The minimum Gasteiger partial charge on any atom is -0.506 e. The number of aromatic carboxylic acids is 1. The molecule has 118 valence electrons. The molecule has 0 saturated heterocycles. The standard InChI is InChI=1S/C16H10Cl3NO3/c17-10-2-1-8(3-11(10)18)7-20-13-6-12(19)15(21)5-9(13)4-14(20)16(22)23/h1-6,21H,7H2,(H,22,23). The van der Waals surface area contributed by atoms with Crippen LogP contribution < -0.4 is 0 Å². The molecule has 2 N–H and O–H groups in total. The number of benzene rings is 2. The van der Waals surface area contributed by atoms with Gasteiger partial charge in [-0.3, -0.25) is 0 Å². The van der Waals surface area contributed by atoms with Crippen LogP contribution in [0.4, 0.5) is 0 Å². The maximum atomic E-state index is 11.5. The lowest BCUT2D eigenvalue weighted by Crippen LogP contribution is -2.09. The molecule has 1 heterocycles. The molecular formula is C16H10Cl3NO3. The number of hydrogen-bond donors (Lipinski definition) is 2. The second-order valence-corrected chi connectivity index (χ2v) is 6.25. The molecule has 0 fully saturated rings. The maximum Gasteiger partial charge on any atom is 0.352 e. The van der Waals surface area contributed by atoms with Gasteiger partial charge in [0.1, 0.15) is 11.4 Å². The first kappa shape index (κ1) is 16.0. The third-order valence-corrected chi connectivity index (χ3v) is 4.56. The molecule has 4 nitrogen and oxygen atoms in total. The Kier molecular flexibility index (Phi) is 4.15. The van der Waals surface area contributed by atoms with Crippen molar-refractivity contribution >= 4 is 51.7 Å². The minimum absolute atomic E-state index is 0.0905. The van der Waals surface area contributed by atoms with Crippen LogP contribution in [0.25, 0.3) is 10.9 Å². The molecule has 7 heteroatoms. The van der Waals surface area contributed by atoms with E-state index in [-0.39, 0.29) is 23.0 Å². The Bertz CT molecular complexity index is 934. The van der Waals surface area contributed by atoms with Crippen molar-refractivity contribution < 1.29 is 15.0 Å². The van der Waals surface area contributed by atoms with Crippen LogP contribution in [0.15, 0.2) is 36.4 Å². The smallest absolute Gasteiger partial charge is 0.352 e. The number of aromatic hydroxyl groups is 1. The molecule has 0 unspecified atom stereocenters. The molecule has 0 bridgehead atoms. The van der Waals surface area contributed by atoms with Gasteiger partial charge in [-0.1, -0.05) is 40.9 Å². The van der Waals surface area contributed by atoms with Crippen LogP contribution in [0.5, 0.6) is 5.75 Å². The zero-order valence-electron chi connectivity index (χ0n) is 11.6. The van der Waals surface area contributed by atoms with Gasteiger partial charge in [0.15, 0.2) is 0 Å². The van der Waals surface area contributed by atoms with Crippen LogP contribution >= 0.6 is 34.8 Å². The van der Waals surface area contributed by atoms with Gasteiger partial charge in [-0.25, -0.2) is 4.79 Å². The number of phenolic OH excluding ortho intramolecular Hbond substituents is 1. The van der Waals surface area contributed by atoms with E-state index in [1.54, 1.807) is 22.8 Å². The number of carbonyl (C=O) groups is 1. The number of carboxylic acids is 1. The summed E-state index contributed by atoms with van der Waals surface area (Å²) in [7, 11) is 0. The van der Waals surface area contributed by atoms with Gasteiger partial charge < -0.3 is 14.8 Å². The molecule has 3 aromatic rings. The molecular weight excluding hydrogens is 361 g/mol. The van der Waals surface area contributed by atoms with Crippen LogP contribution in [0.3, 0.4) is 0 Å². The molecule has 23 heavy (non-hydrogen) atoms. The summed E-state index contributed by atoms with van der Waals surface area (Å²) in [5.41, 5.74) is 1.49. The monoisotopic (exact) mass is 369 g/mol. The van der Waals surface area contributed by atoms with Gasteiger partial charge in [0.05, 0.1) is 20.6 Å². The normalized spacial score (nSPS) is 11.1. The lowest BCUT2D eigenvalue weighted by molar-refractivity contribution is 0.0686. The van der Waals surface area contributed by atoms with Crippen LogP contribution in [-0.2, 0) is 6.54 Å². The highest BCUT2D eigenvalue weighted by atomic mass is 35.5. The summed E-state index contributed by atoms with van der Waals surface area (Å²) in [6.45, 7) is 0.281. The van der Waals surface area contributed by atoms with E-state index in [0.717, 1.165) is 5.56 Å². The van der Waals surface area contributed by atoms with Crippen molar-refractivity contribution in [2.45, 2.75) is 6.54 Å². The molecule has 0 aliphatic heterocycles. The first-order valence-corrected chi connectivity index (χ1v) is 7.69. The van der Waals surface area contributed by atoms with E-state index in [9.17, 15) is 15.0 Å². The number of nitrogens with zero attached hydrogens (tertiary/aromatic N) is 1. The SMILES string of the molecule is O=C(O)c1cc2cc(O)c(Cl)cc2n1Cc1ccc(Cl)c(Cl)c1. The third kappa shape index (κ3) is 2.98. The van der Waals surface area contributed by atoms with Crippen LogP contribution in [0.1, 0.15) is 16.1 Å². The van der Waals surface area contributed by atoms with Crippen molar-refractivity contribution in [3.05, 3.63) is 62.7 Å².